The van der Waals surface area contributed by atoms with Gasteiger partial charge in [0, 0.05) is 17.6 Å². The van der Waals surface area contributed by atoms with Gasteiger partial charge in [0.15, 0.2) is 0 Å². The fraction of sp³-hybridized carbons (Fsp3) is 0. The Hall–Kier alpha value is 0.101. The molecule has 6 aromatic carbocycles. The Morgan fingerprint density at radius 1 is 0.306 bits per heavy atom. The molecule has 0 amide bonds. The molecular formula is C36H35Cl9Ge4. The molecule has 0 aromatic heterocycles. The zero-order valence-corrected chi connectivity index (χ0v) is 41.7. The minimum atomic E-state index is -3.08. The van der Waals surface area contributed by atoms with Crippen LogP contribution in [0, 0.1) is 0 Å². The maximum absolute atomic E-state index is 6.54. The van der Waals surface area contributed by atoms with Gasteiger partial charge in [0.05, 0.1) is 0 Å². The number of rotatable bonds is 6. The molecule has 49 heavy (non-hydrogen) atoms. The van der Waals surface area contributed by atoms with Crippen molar-refractivity contribution in [2.75, 3.05) is 0 Å². The summed E-state index contributed by atoms with van der Waals surface area (Å²) in [5.74, 6) is 0. The second-order valence-electron chi connectivity index (χ2n) is 9.84. The van der Waals surface area contributed by atoms with Gasteiger partial charge in [-0.1, -0.05) is 0 Å². The first-order valence-electron chi connectivity index (χ1n) is 14.0. The van der Waals surface area contributed by atoms with Gasteiger partial charge in [-0.05, 0) is 0 Å². The van der Waals surface area contributed by atoms with E-state index in [1.54, 1.807) is 0 Å². The van der Waals surface area contributed by atoms with Crippen LogP contribution in [0.25, 0.3) is 0 Å². The first-order valence-corrected chi connectivity index (χ1v) is 34.6. The number of halogens is 9. The predicted molar refractivity (Wildman–Crippen MR) is 239 cm³/mol. The summed E-state index contributed by atoms with van der Waals surface area (Å²) in [6, 6.07) is 62.1. The molecule has 4 radical (unpaired) electrons. The van der Waals surface area contributed by atoms with Crippen molar-refractivity contribution < 1.29 is 0 Å². The van der Waals surface area contributed by atoms with Crippen LogP contribution in [0.2, 0.25) is 0 Å². The Labute approximate surface area is 357 Å². The van der Waals surface area contributed by atoms with Gasteiger partial charge in [-0.15, -0.1) is 49.6 Å². The van der Waals surface area contributed by atoms with Gasteiger partial charge in [-0.2, -0.15) is 0 Å². The molecule has 0 bridgehead atoms. The van der Waals surface area contributed by atoms with E-state index < -0.39 is 36.2 Å². The molecule has 0 unspecified atom stereocenters. The number of hydrogen-bond donors (Lipinski definition) is 0. The van der Waals surface area contributed by atoms with Crippen molar-refractivity contribution >= 4 is 180 Å². The number of hydrogen-bond acceptors (Lipinski definition) is 0. The van der Waals surface area contributed by atoms with Gasteiger partial charge in [-0.25, -0.2) is 0 Å². The van der Waals surface area contributed by atoms with Crippen molar-refractivity contribution in [2.24, 2.45) is 0 Å². The van der Waals surface area contributed by atoms with Crippen LogP contribution in [0.1, 0.15) is 0 Å². The summed E-state index contributed by atoms with van der Waals surface area (Å²) in [5, 5.41) is 0. The van der Waals surface area contributed by atoms with Crippen molar-refractivity contribution in [3.05, 3.63) is 182 Å². The van der Waals surface area contributed by atoms with Crippen molar-refractivity contribution in [1.29, 1.82) is 0 Å². The zero-order valence-electron chi connectivity index (χ0n) is 25.9. The van der Waals surface area contributed by atoms with Crippen molar-refractivity contribution in [3.63, 3.8) is 0 Å². The van der Waals surface area contributed by atoms with E-state index in [9.17, 15) is 0 Å². The van der Waals surface area contributed by atoms with Crippen LogP contribution in [-0.4, -0.2) is 53.8 Å². The number of benzene rings is 6. The van der Waals surface area contributed by atoms with Gasteiger partial charge >= 0.3 is 295 Å². The van der Waals surface area contributed by atoms with Gasteiger partial charge < -0.3 is 0 Å². The quantitative estimate of drug-likeness (QED) is 0.147. The molecule has 0 aliphatic carbocycles. The van der Waals surface area contributed by atoms with Crippen molar-refractivity contribution in [2.45, 2.75) is 0 Å². The van der Waals surface area contributed by atoms with E-state index in [1.807, 2.05) is 91.0 Å². The molecule has 0 fully saturated rings. The summed E-state index contributed by atoms with van der Waals surface area (Å²) in [4.78, 5) is 0. The summed E-state index contributed by atoms with van der Waals surface area (Å²) in [7, 11) is 27.3. The topological polar surface area (TPSA) is 0 Å². The second-order valence-corrected chi connectivity index (χ2v) is 42.7. The normalized spacial score (nSPS) is 9.92. The van der Waals surface area contributed by atoms with E-state index in [1.165, 1.54) is 13.2 Å². The van der Waals surface area contributed by atoms with E-state index >= 15 is 0 Å². The molecule has 258 valence electrons. The molecule has 0 nitrogen and oxygen atoms in total. The third-order valence-electron chi connectivity index (χ3n) is 6.77. The average Bonchev–Trinajstić information content (AvgIpc) is 3.08. The van der Waals surface area contributed by atoms with Crippen molar-refractivity contribution in [1.82, 2.24) is 0 Å². The Morgan fingerprint density at radius 3 is 0.714 bits per heavy atom. The van der Waals surface area contributed by atoms with Crippen LogP contribution in [-0.2, 0) is 0 Å². The third kappa shape index (κ3) is 16.8. The average molecular weight is 1080 g/mol. The zero-order chi connectivity index (χ0) is 31.3. The molecule has 0 saturated carbocycles. The SMILES string of the molecule is Cl.Cl.Cl.Cl.[Cl][Ge]([Cl])([Cl])[c]1ccccc1.[Cl][Ge]([Cl])([c]1ccccc1)[c]1ccccc1.[Ge].c1cc[c]([GeH]([c]2ccccc2)[c]2ccccc2)cc1. The molecule has 0 aliphatic rings. The molecule has 0 saturated heterocycles. The molecule has 0 atom stereocenters. The molecule has 6 rings (SSSR count). The van der Waals surface area contributed by atoms with Crippen LogP contribution in [0.3, 0.4) is 0 Å². The summed E-state index contributed by atoms with van der Waals surface area (Å²) >= 11 is -4.93. The van der Waals surface area contributed by atoms with Crippen molar-refractivity contribution in [3.8, 4) is 0 Å². The second kappa shape index (κ2) is 26.8. The van der Waals surface area contributed by atoms with Gasteiger partial charge in [0.1, 0.15) is 0 Å². The monoisotopic (exact) mass is 1080 g/mol. The molecule has 0 aliphatic heterocycles. The Kier molecular flexibility index (Phi) is 28.0. The standard InChI is InChI=1S/C18H16Ge.C12H10Cl2Ge.C6H5Cl3Ge.4ClH.Ge/c1-4-10-16(11-5-1)19(17-12-6-2-7-13-17)18-14-8-3-9-15-18;13-15(14,11-7-3-1-4-8-11)12-9-5-2-6-10-12;7-10(8,9)6-4-2-1-3-5-6;;;;;/h1-15,19H;1-10H;1-5H;4*1H;. The van der Waals surface area contributed by atoms with Crippen LogP contribution in [0.15, 0.2) is 182 Å². The Bertz CT molecular complexity index is 1520. The summed E-state index contributed by atoms with van der Waals surface area (Å²) in [6.45, 7) is 0. The first-order chi connectivity index (χ1) is 21.3. The molecule has 0 heterocycles. The maximum atomic E-state index is 6.54. The Morgan fingerprint density at radius 2 is 0.510 bits per heavy atom. The van der Waals surface area contributed by atoms with E-state index in [2.05, 4.69) is 91.0 Å². The summed E-state index contributed by atoms with van der Waals surface area (Å²) in [5.41, 5.74) is 0. The van der Waals surface area contributed by atoms with Crippen LogP contribution >= 0.6 is 99.7 Å². The summed E-state index contributed by atoms with van der Waals surface area (Å²) in [6.07, 6.45) is 0. The van der Waals surface area contributed by atoms with Crippen LogP contribution < -0.4 is 26.4 Å². The molecule has 0 spiro atoms. The first kappa shape index (κ1) is 51.2. The molecule has 13 heteroatoms. The van der Waals surface area contributed by atoms with Gasteiger partial charge in [0.2, 0.25) is 0 Å². The molecular weight excluding hydrogens is 1040 g/mol. The van der Waals surface area contributed by atoms with Crippen LogP contribution in [0.5, 0.6) is 0 Å². The fourth-order valence-corrected chi connectivity index (χ4v) is 19.9. The molecule has 0 N–H and O–H groups in total. The van der Waals surface area contributed by atoms with E-state index in [4.69, 9.17) is 50.0 Å². The fourth-order valence-electron chi connectivity index (χ4n) is 4.60. The van der Waals surface area contributed by atoms with Gasteiger partial charge in [0.25, 0.3) is 0 Å². The Balaban J connectivity index is 0. The molecule has 6 aromatic rings. The van der Waals surface area contributed by atoms with E-state index in [0.717, 1.165) is 13.2 Å². The van der Waals surface area contributed by atoms with Crippen LogP contribution in [0.4, 0.5) is 0 Å². The third-order valence-corrected chi connectivity index (χ3v) is 27.8. The predicted octanol–water partition coefficient (Wildman–Crippen LogP) is 8.51. The summed E-state index contributed by atoms with van der Waals surface area (Å²) < 4.78 is 7.60. The van der Waals surface area contributed by atoms with Gasteiger partial charge in [-0.3, -0.25) is 0 Å². The minimum absolute atomic E-state index is 0. The van der Waals surface area contributed by atoms with E-state index in [-0.39, 0.29) is 67.2 Å². The van der Waals surface area contributed by atoms with E-state index in [0.29, 0.717) is 0 Å².